The largest absolute Gasteiger partial charge is 0.347 e. The predicted octanol–water partition coefficient (Wildman–Crippen LogP) is 1.93. The summed E-state index contributed by atoms with van der Waals surface area (Å²) in [6.07, 6.45) is 1.74. The van der Waals surface area contributed by atoms with Gasteiger partial charge in [0.05, 0.1) is 12.1 Å². The number of benzene rings is 1. The van der Waals surface area contributed by atoms with Gasteiger partial charge in [-0.25, -0.2) is 0 Å². The molecule has 0 saturated heterocycles. The fourth-order valence-corrected chi connectivity index (χ4v) is 3.43. The van der Waals surface area contributed by atoms with Gasteiger partial charge in [0.25, 0.3) is 5.91 Å². The molecule has 0 aliphatic rings. The second-order valence-electron chi connectivity index (χ2n) is 8.80. The van der Waals surface area contributed by atoms with Crippen LogP contribution in [0.25, 0.3) is 10.9 Å². The molecule has 3 aromatic rings. The number of unbranched alkanes of at least 4 members (excludes halogenated alkanes) is 1. The van der Waals surface area contributed by atoms with Crippen LogP contribution in [0.3, 0.4) is 0 Å². The summed E-state index contributed by atoms with van der Waals surface area (Å²) in [5, 5.41) is 14.7. The Morgan fingerprint density at radius 3 is 2.62 bits per heavy atom. The molecule has 1 unspecified atom stereocenters. The van der Waals surface area contributed by atoms with Crippen LogP contribution >= 0.6 is 0 Å². The minimum atomic E-state index is -0.788. The molecule has 2 amide bonds. The van der Waals surface area contributed by atoms with Gasteiger partial charge < -0.3 is 20.9 Å². The molecule has 10 heteroatoms. The molecule has 0 radical (unpaired) electrons. The summed E-state index contributed by atoms with van der Waals surface area (Å²) < 4.78 is 6.75. The standard InChI is InChI=1S/C22H31N7O3/c1-14-25-17(28-32-14)13-24-21(31)19(22(2,3)4)26-20(30)18-15-9-5-6-10-16(15)29(27-18)12-8-7-11-23/h5-6,9-10,19H,7-8,11-13,23H2,1-4H3,(H,24,31)(H,26,30). The number of rotatable bonds is 9. The molecule has 4 N–H and O–H groups in total. The van der Waals surface area contributed by atoms with Gasteiger partial charge in [0.15, 0.2) is 11.5 Å². The number of nitrogens with one attached hydrogen (secondary N) is 2. The molecular weight excluding hydrogens is 410 g/mol. The van der Waals surface area contributed by atoms with Crippen LogP contribution in [-0.4, -0.2) is 44.3 Å². The van der Waals surface area contributed by atoms with Gasteiger partial charge in [0.2, 0.25) is 11.8 Å². The van der Waals surface area contributed by atoms with Crippen LogP contribution < -0.4 is 16.4 Å². The highest BCUT2D eigenvalue weighted by molar-refractivity contribution is 6.06. The van der Waals surface area contributed by atoms with Crippen molar-refractivity contribution in [2.75, 3.05) is 6.54 Å². The maximum Gasteiger partial charge on any atom is 0.273 e. The highest BCUT2D eigenvalue weighted by atomic mass is 16.5. The number of hydrogen-bond donors (Lipinski definition) is 3. The molecule has 0 fully saturated rings. The van der Waals surface area contributed by atoms with Gasteiger partial charge in [-0.15, -0.1) is 0 Å². The fourth-order valence-electron chi connectivity index (χ4n) is 3.43. The van der Waals surface area contributed by atoms with Crippen molar-refractivity contribution in [2.24, 2.45) is 11.1 Å². The molecule has 2 aromatic heterocycles. The molecule has 0 bridgehead atoms. The quantitative estimate of drug-likeness (QED) is 0.431. The Kier molecular flexibility index (Phi) is 7.24. The molecule has 3 rings (SSSR count). The van der Waals surface area contributed by atoms with Crippen molar-refractivity contribution >= 4 is 22.7 Å². The van der Waals surface area contributed by atoms with Crippen molar-refractivity contribution in [3.05, 3.63) is 41.7 Å². The average molecular weight is 442 g/mol. The monoisotopic (exact) mass is 441 g/mol. The highest BCUT2D eigenvalue weighted by Crippen LogP contribution is 2.23. The van der Waals surface area contributed by atoms with E-state index >= 15 is 0 Å². The van der Waals surface area contributed by atoms with Crippen LogP contribution in [0, 0.1) is 12.3 Å². The third kappa shape index (κ3) is 5.50. The molecule has 2 heterocycles. The molecule has 172 valence electrons. The van der Waals surface area contributed by atoms with E-state index in [4.69, 9.17) is 10.3 Å². The van der Waals surface area contributed by atoms with Gasteiger partial charge >= 0.3 is 0 Å². The molecule has 0 aliphatic heterocycles. The van der Waals surface area contributed by atoms with E-state index in [1.165, 1.54) is 0 Å². The lowest BCUT2D eigenvalue weighted by atomic mass is 9.86. The molecule has 0 spiro atoms. The first kappa shape index (κ1) is 23.4. The van der Waals surface area contributed by atoms with Gasteiger partial charge in [0, 0.05) is 18.9 Å². The van der Waals surface area contributed by atoms with Crippen LogP contribution in [0.5, 0.6) is 0 Å². The van der Waals surface area contributed by atoms with Crippen LogP contribution in [-0.2, 0) is 17.9 Å². The van der Waals surface area contributed by atoms with Crippen LogP contribution in [0.2, 0.25) is 0 Å². The van der Waals surface area contributed by atoms with Crippen LogP contribution in [0.4, 0.5) is 0 Å². The molecule has 32 heavy (non-hydrogen) atoms. The van der Waals surface area contributed by atoms with Gasteiger partial charge in [0.1, 0.15) is 6.04 Å². The third-order valence-electron chi connectivity index (χ3n) is 5.09. The van der Waals surface area contributed by atoms with Crippen LogP contribution in [0.15, 0.2) is 28.8 Å². The zero-order valence-corrected chi connectivity index (χ0v) is 19.0. The van der Waals surface area contributed by atoms with Gasteiger partial charge in [-0.2, -0.15) is 10.1 Å². The SMILES string of the molecule is Cc1nc(CNC(=O)C(NC(=O)c2nn(CCCCN)c3ccccc23)C(C)(C)C)no1. The summed E-state index contributed by atoms with van der Waals surface area (Å²) in [4.78, 5) is 30.2. The van der Waals surface area contributed by atoms with E-state index in [1.54, 1.807) is 6.92 Å². The molecule has 1 atom stereocenters. The fraction of sp³-hybridized carbons (Fsp3) is 0.500. The first-order valence-electron chi connectivity index (χ1n) is 10.7. The van der Waals surface area contributed by atoms with Crippen molar-refractivity contribution in [3.63, 3.8) is 0 Å². The zero-order valence-electron chi connectivity index (χ0n) is 19.0. The normalized spacial score (nSPS) is 12.7. The van der Waals surface area contributed by atoms with Gasteiger partial charge in [-0.1, -0.05) is 44.1 Å². The summed E-state index contributed by atoms with van der Waals surface area (Å²) >= 11 is 0. The van der Waals surface area contributed by atoms with E-state index in [1.807, 2.05) is 49.7 Å². The van der Waals surface area contributed by atoms with E-state index in [-0.39, 0.29) is 12.5 Å². The van der Waals surface area contributed by atoms with Crippen molar-refractivity contribution in [1.29, 1.82) is 0 Å². The second kappa shape index (κ2) is 9.90. The van der Waals surface area contributed by atoms with Crippen molar-refractivity contribution < 1.29 is 14.1 Å². The summed E-state index contributed by atoms with van der Waals surface area (Å²) in [6, 6.07) is 6.79. The Balaban J connectivity index is 1.79. The Morgan fingerprint density at radius 2 is 1.97 bits per heavy atom. The Labute approximate surface area is 186 Å². The Hall–Kier alpha value is -3.27. The summed E-state index contributed by atoms with van der Waals surface area (Å²) in [6.45, 7) is 8.72. The Morgan fingerprint density at radius 1 is 1.22 bits per heavy atom. The number of carbonyl (C=O) groups excluding carboxylic acids is 2. The summed E-state index contributed by atoms with van der Waals surface area (Å²) in [5.74, 6) is 0.0603. The van der Waals surface area contributed by atoms with E-state index in [0.29, 0.717) is 30.5 Å². The maximum absolute atomic E-state index is 13.2. The number of fused-ring (bicyclic) bond motifs is 1. The smallest absolute Gasteiger partial charge is 0.273 e. The number of aromatic nitrogens is 4. The topological polar surface area (TPSA) is 141 Å². The van der Waals surface area contributed by atoms with Crippen molar-refractivity contribution in [2.45, 2.75) is 59.7 Å². The lowest BCUT2D eigenvalue weighted by molar-refractivity contribution is -0.125. The van der Waals surface area contributed by atoms with Crippen molar-refractivity contribution in [3.8, 4) is 0 Å². The second-order valence-corrected chi connectivity index (χ2v) is 8.80. The Bertz CT molecular complexity index is 1080. The maximum atomic E-state index is 13.2. The summed E-state index contributed by atoms with van der Waals surface area (Å²) in [7, 11) is 0. The molecule has 0 saturated carbocycles. The number of amides is 2. The van der Waals surface area contributed by atoms with Gasteiger partial charge in [-0.05, 0) is 30.9 Å². The van der Waals surface area contributed by atoms with E-state index in [9.17, 15) is 9.59 Å². The van der Waals surface area contributed by atoms with Crippen LogP contribution in [0.1, 0.15) is 55.8 Å². The highest BCUT2D eigenvalue weighted by Gasteiger charge is 2.34. The van der Waals surface area contributed by atoms with Crippen molar-refractivity contribution in [1.82, 2.24) is 30.6 Å². The minimum Gasteiger partial charge on any atom is -0.347 e. The predicted molar refractivity (Wildman–Crippen MR) is 120 cm³/mol. The molecule has 0 aliphatic carbocycles. The molecule has 1 aromatic carbocycles. The summed E-state index contributed by atoms with van der Waals surface area (Å²) in [5.41, 5.74) is 6.24. The first-order chi connectivity index (χ1) is 15.2. The number of carbonyl (C=O) groups is 2. The number of hydrogen-bond acceptors (Lipinski definition) is 7. The van der Waals surface area contributed by atoms with E-state index < -0.39 is 17.4 Å². The lowest BCUT2D eigenvalue weighted by Crippen LogP contribution is -2.53. The third-order valence-corrected chi connectivity index (χ3v) is 5.09. The first-order valence-corrected chi connectivity index (χ1v) is 10.7. The molecular formula is C22H31N7O3. The zero-order chi connectivity index (χ0) is 23.3. The van der Waals surface area contributed by atoms with E-state index in [0.717, 1.165) is 23.7 Å². The number of aryl methyl sites for hydroxylation is 2. The number of nitrogens with zero attached hydrogens (tertiary/aromatic N) is 4. The number of nitrogens with two attached hydrogens (primary N) is 1. The average Bonchev–Trinajstić information content (AvgIpc) is 3.33. The van der Waals surface area contributed by atoms with E-state index in [2.05, 4.69) is 25.9 Å². The molecule has 10 nitrogen and oxygen atoms in total. The lowest BCUT2D eigenvalue weighted by Gasteiger charge is -2.30. The minimum absolute atomic E-state index is 0.108. The van der Waals surface area contributed by atoms with Gasteiger partial charge in [-0.3, -0.25) is 14.3 Å². The number of para-hydroxylation sites is 1.